The van der Waals surface area contributed by atoms with Gasteiger partial charge in [0.1, 0.15) is 23.8 Å². The van der Waals surface area contributed by atoms with Gasteiger partial charge in [0.25, 0.3) is 6.08 Å². The number of nitrogens with zero attached hydrogens (tertiary/aromatic N) is 5. The van der Waals surface area contributed by atoms with Gasteiger partial charge in [0, 0.05) is 54.3 Å². The fraction of sp³-hybridized carbons (Fsp3) is 0.485. The van der Waals surface area contributed by atoms with E-state index in [4.69, 9.17) is 27.1 Å². The summed E-state index contributed by atoms with van der Waals surface area (Å²) in [5.41, 5.74) is 2.27. The van der Waals surface area contributed by atoms with Crippen molar-refractivity contribution < 1.29 is 31.1 Å². The van der Waals surface area contributed by atoms with Crippen molar-refractivity contribution in [3.05, 3.63) is 51.8 Å². The van der Waals surface area contributed by atoms with Crippen molar-refractivity contribution in [1.82, 2.24) is 25.2 Å². The van der Waals surface area contributed by atoms with Crippen LogP contribution in [0.2, 0.25) is 5.02 Å². The first-order valence-corrected chi connectivity index (χ1v) is 16.1. The molecular weight excluding hydrogens is 660 g/mol. The summed E-state index contributed by atoms with van der Waals surface area (Å²) in [5.74, 6) is -1.12. The van der Waals surface area contributed by atoms with Gasteiger partial charge in [-0.3, -0.25) is 0 Å². The molecule has 2 aromatic heterocycles. The molecule has 48 heavy (non-hydrogen) atoms. The number of aromatic nitrogens is 3. The van der Waals surface area contributed by atoms with E-state index in [1.54, 1.807) is 6.92 Å². The van der Waals surface area contributed by atoms with Crippen LogP contribution in [0.5, 0.6) is 6.01 Å². The van der Waals surface area contributed by atoms with Crippen molar-refractivity contribution in [1.29, 1.82) is 0 Å². The summed E-state index contributed by atoms with van der Waals surface area (Å²) >= 11 is 6.93. The number of nitrogens with one attached hydrogen (secondary N) is 1. The number of hydrogen-bond donors (Lipinski definition) is 2. The van der Waals surface area contributed by atoms with Crippen LogP contribution >= 0.6 is 11.6 Å². The number of pyridine rings is 1. The van der Waals surface area contributed by atoms with E-state index in [2.05, 4.69) is 21.9 Å². The molecule has 3 fully saturated rings. The van der Waals surface area contributed by atoms with Gasteiger partial charge >= 0.3 is 12.2 Å². The normalized spacial score (nSPS) is 25.8. The van der Waals surface area contributed by atoms with Gasteiger partial charge in [-0.2, -0.15) is 31.9 Å². The molecule has 3 saturated heterocycles. The highest BCUT2D eigenvalue weighted by Crippen LogP contribution is 2.51. The molecule has 0 aliphatic carbocycles. The molecule has 1 unspecified atom stereocenters. The van der Waals surface area contributed by atoms with E-state index in [-0.39, 0.29) is 82.2 Å². The van der Waals surface area contributed by atoms with Gasteiger partial charge in [-0.05, 0) is 56.9 Å². The van der Waals surface area contributed by atoms with Crippen LogP contribution in [-0.4, -0.2) is 71.3 Å². The molecule has 4 aliphatic rings. The van der Waals surface area contributed by atoms with Crippen LogP contribution in [0.1, 0.15) is 49.3 Å². The van der Waals surface area contributed by atoms with Crippen LogP contribution in [-0.2, 0) is 6.18 Å². The van der Waals surface area contributed by atoms with E-state index in [0.717, 1.165) is 18.9 Å². The summed E-state index contributed by atoms with van der Waals surface area (Å²) in [6.07, 6.45) is -4.41. The van der Waals surface area contributed by atoms with Crippen molar-refractivity contribution >= 4 is 39.7 Å². The predicted molar refractivity (Wildman–Crippen MR) is 172 cm³/mol. The van der Waals surface area contributed by atoms with Gasteiger partial charge < -0.3 is 25.6 Å². The minimum atomic E-state index is -4.92. The molecule has 7 rings (SSSR count). The summed E-state index contributed by atoms with van der Waals surface area (Å²) < 4.78 is 94.7. The average Bonchev–Trinajstić information content (AvgIpc) is 3.32. The quantitative estimate of drug-likeness (QED) is 0.283. The second-order valence-corrected chi connectivity index (χ2v) is 14.0. The minimum Gasteiger partial charge on any atom is -0.462 e. The molecule has 4 atom stereocenters. The third-order valence-electron chi connectivity index (χ3n) is 10.2. The highest BCUT2D eigenvalue weighted by molar-refractivity contribution is 6.37. The molecule has 1 aromatic carbocycles. The second-order valence-electron chi connectivity index (χ2n) is 13.7. The van der Waals surface area contributed by atoms with E-state index in [1.807, 2.05) is 16.8 Å². The molecule has 0 saturated carbocycles. The van der Waals surface area contributed by atoms with Gasteiger partial charge in [-0.15, -0.1) is 0 Å². The number of likely N-dealkylation sites (tertiary alicyclic amines) is 1. The zero-order chi connectivity index (χ0) is 34.4. The third-order valence-corrected chi connectivity index (χ3v) is 10.6. The molecule has 0 radical (unpaired) electrons. The Balaban J connectivity index is 1.47. The Bertz CT molecular complexity index is 1900. The zero-order valence-corrected chi connectivity index (χ0v) is 27.3. The molecule has 3 aromatic rings. The predicted octanol–water partition coefficient (Wildman–Crippen LogP) is 6.99. The maximum atomic E-state index is 17.0. The first-order valence-electron chi connectivity index (χ1n) is 15.7. The summed E-state index contributed by atoms with van der Waals surface area (Å²) in [6.45, 7) is 8.11. The van der Waals surface area contributed by atoms with Crippen molar-refractivity contribution in [2.75, 3.05) is 43.9 Å². The lowest BCUT2D eigenvalue weighted by Crippen LogP contribution is -2.58. The van der Waals surface area contributed by atoms with Crippen LogP contribution in [0.15, 0.2) is 24.3 Å². The largest absolute Gasteiger partial charge is 0.462 e. The lowest BCUT2D eigenvalue weighted by atomic mass is 9.78. The highest BCUT2D eigenvalue weighted by atomic mass is 35.5. The van der Waals surface area contributed by atoms with E-state index in [0.29, 0.717) is 30.9 Å². The van der Waals surface area contributed by atoms with Gasteiger partial charge in [0.05, 0.1) is 27.2 Å². The molecule has 4 aliphatic heterocycles. The Hall–Kier alpha value is -3.62. The fourth-order valence-corrected chi connectivity index (χ4v) is 8.51. The Kier molecular flexibility index (Phi) is 7.87. The standard InChI is InChI=1S/C33H34ClF6N7O/c1-14-9-19-18-6-5-16(42-18)11-47(19)30-22-21(14)25(34)23(27-24(33(38,39)40)15(2)10-20(41)43-27)26(35)28(22)44-31(45-30)48-13-32(3)12-46(4)8-7-17(32)29(36)37/h10,16,18-19,42H,1,5-9,11-13H2,2-4H3,(H2,41,43)/t16-,18?,19-,32+/m1/s1. The smallest absolute Gasteiger partial charge is 0.418 e. The second kappa shape index (κ2) is 11.5. The SMILES string of the molecule is C=C1C[C@@H]2C3CC[C@H](CN2c2nc(OC[C@]4(C)CN(C)CCC4=C(F)F)nc4c(F)c(-c5nc(N)cc(C)c5C(F)(F)F)c(Cl)c1c24)N3. The molecule has 6 heterocycles. The number of anilines is 2. The summed E-state index contributed by atoms with van der Waals surface area (Å²) in [5, 5.41) is 3.49. The first-order chi connectivity index (χ1) is 22.6. The van der Waals surface area contributed by atoms with Crippen LogP contribution in [0.3, 0.4) is 0 Å². The molecule has 0 amide bonds. The lowest BCUT2D eigenvalue weighted by molar-refractivity contribution is -0.137. The van der Waals surface area contributed by atoms with Crippen molar-refractivity contribution in [3.63, 3.8) is 0 Å². The van der Waals surface area contributed by atoms with Gasteiger partial charge in [-0.25, -0.2) is 9.37 Å². The van der Waals surface area contributed by atoms with Gasteiger partial charge in [0.15, 0.2) is 5.82 Å². The molecule has 256 valence electrons. The van der Waals surface area contributed by atoms with Gasteiger partial charge in [-0.1, -0.05) is 25.1 Å². The number of rotatable bonds is 4. The number of ether oxygens (including phenoxy) is 1. The van der Waals surface area contributed by atoms with Crippen molar-refractivity contribution in [2.45, 2.75) is 63.8 Å². The Morgan fingerprint density at radius 3 is 2.67 bits per heavy atom. The molecule has 15 heteroatoms. The number of fused-ring (bicyclic) bond motifs is 5. The molecular formula is C33H34ClF6N7O. The van der Waals surface area contributed by atoms with Crippen LogP contribution in [0.4, 0.5) is 38.0 Å². The molecule has 0 spiro atoms. The highest BCUT2D eigenvalue weighted by Gasteiger charge is 2.46. The summed E-state index contributed by atoms with van der Waals surface area (Å²) in [7, 11) is 1.82. The topological polar surface area (TPSA) is 92.4 Å². The molecule has 3 N–H and O–H groups in total. The number of halogens is 7. The van der Waals surface area contributed by atoms with Crippen molar-refractivity contribution in [3.8, 4) is 17.3 Å². The van der Waals surface area contributed by atoms with E-state index >= 15 is 4.39 Å². The molecule has 2 bridgehead atoms. The number of hydrogen-bond acceptors (Lipinski definition) is 8. The number of piperazine rings is 1. The number of alkyl halides is 3. The number of nitrogens with two attached hydrogens (primary N) is 1. The average molecular weight is 694 g/mol. The van der Waals surface area contributed by atoms with Crippen LogP contribution < -0.4 is 20.7 Å². The van der Waals surface area contributed by atoms with E-state index in [9.17, 15) is 22.0 Å². The number of nitrogen functional groups attached to an aromatic ring is 1. The first kappa shape index (κ1) is 32.9. The molecule has 8 nitrogen and oxygen atoms in total. The Morgan fingerprint density at radius 2 is 1.96 bits per heavy atom. The zero-order valence-electron chi connectivity index (χ0n) is 26.5. The minimum absolute atomic E-state index is 0.0410. The number of benzene rings is 1. The fourth-order valence-electron chi connectivity index (χ4n) is 8.11. The third kappa shape index (κ3) is 5.27. The van der Waals surface area contributed by atoms with Crippen LogP contribution in [0.25, 0.3) is 27.7 Å². The van der Waals surface area contributed by atoms with Crippen LogP contribution in [0, 0.1) is 18.2 Å². The van der Waals surface area contributed by atoms with E-state index in [1.165, 1.54) is 6.92 Å². The monoisotopic (exact) mass is 693 g/mol. The number of aryl methyl sites for hydroxylation is 1. The summed E-state index contributed by atoms with van der Waals surface area (Å²) in [4.78, 5) is 17.1. The Labute approximate surface area is 278 Å². The van der Waals surface area contributed by atoms with Crippen molar-refractivity contribution in [2.24, 2.45) is 5.41 Å². The Morgan fingerprint density at radius 1 is 1.21 bits per heavy atom. The van der Waals surface area contributed by atoms with Gasteiger partial charge in [0.2, 0.25) is 0 Å². The maximum Gasteiger partial charge on any atom is 0.418 e. The maximum absolute atomic E-state index is 17.0. The summed E-state index contributed by atoms with van der Waals surface area (Å²) in [6, 6.07) is 0.745. The number of piperidine rings is 1. The lowest BCUT2D eigenvalue weighted by Gasteiger charge is -2.41. The van der Waals surface area contributed by atoms with E-state index < -0.39 is 40.3 Å².